The minimum Gasteiger partial charge on any atom is -0.480 e. The summed E-state index contributed by atoms with van der Waals surface area (Å²) in [5.41, 5.74) is 0. The lowest BCUT2D eigenvalue weighted by Crippen LogP contribution is -2.35. The van der Waals surface area contributed by atoms with Crippen LogP contribution in [0.4, 0.5) is 0 Å². The number of esters is 1. The molecule has 0 rings (SSSR count). The van der Waals surface area contributed by atoms with Crippen LogP contribution in [0.5, 0.6) is 0 Å². The van der Waals surface area contributed by atoms with Gasteiger partial charge in [0.05, 0.1) is 0 Å². The van der Waals surface area contributed by atoms with Gasteiger partial charge in [-0.15, -0.1) is 0 Å². The van der Waals surface area contributed by atoms with Crippen molar-refractivity contribution in [1.82, 2.24) is 5.06 Å². The Kier molecular flexibility index (Phi) is 7.70. The van der Waals surface area contributed by atoms with Crippen LogP contribution in [0.15, 0.2) is 0 Å². The molecule has 1 N–H and O–H groups in total. The van der Waals surface area contributed by atoms with E-state index in [1.165, 1.54) is 6.92 Å². The smallest absolute Gasteiger partial charge is 0.325 e. The number of hydrogen-bond acceptors (Lipinski definition) is 5. The number of aliphatic carboxylic acids is 1. The van der Waals surface area contributed by atoms with E-state index in [1.54, 1.807) is 0 Å². The molecule has 0 fully saturated rings. The van der Waals surface area contributed by atoms with Crippen molar-refractivity contribution in [2.45, 2.75) is 26.7 Å². The zero-order chi connectivity index (χ0) is 13.3. The molecule has 0 unspecified atom stereocenters. The molecule has 0 bridgehead atoms. The highest BCUT2D eigenvalue weighted by molar-refractivity contribution is 5.78. The van der Waals surface area contributed by atoms with E-state index < -0.39 is 18.4 Å². The average molecular weight is 247 g/mol. The summed E-state index contributed by atoms with van der Waals surface area (Å²) in [6, 6.07) is 0. The van der Waals surface area contributed by atoms with Crippen LogP contribution in [-0.4, -0.2) is 47.8 Å². The molecule has 7 heteroatoms. The van der Waals surface area contributed by atoms with E-state index in [2.05, 4.69) is 0 Å². The van der Waals surface area contributed by atoms with Crippen LogP contribution in [-0.2, 0) is 24.0 Å². The zero-order valence-corrected chi connectivity index (χ0v) is 9.97. The normalized spacial score (nSPS) is 9.76. The Hall–Kier alpha value is -1.63. The molecule has 0 aliphatic heterocycles. The lowest BCUT2D eigenvalue weighted by Gasteiger charge is -2.17. The minimum atomic E-state index is -1.18. The molecule has 1 amide bonds. The molecule has 0 atom stereocenters. The van der Waals surface area contributed by atoms with Gasteiger partial charge in [0.25, 0.3) is 0 Å². The van der Waals surface area contributed by atoms with E-state index in [4.69, 9.17) is 14.7 Å². The van der Waals surface area contributed by atoms with Gasteiger partial charge in [0.1, 0.15) is 19.8 Å². The number of rotatable bonds is 8. The molecular formula is C10H17NO6. The third-order valence-corrected chi connectivity index (χ3v) is 1.68. The molecular weight excluding hydrogens is 230 g/mol. The van der Waals surface area contributed by atoms with Gasteiger partial charge in [0.15, 0.2) is 0 Å². The van der Waals surface area contributed by atoms with Gasteiger partial charge in [-0.25, -0.2) is 5.06 Å². The molecule has 0 heterocycles. The molecule has 0 aromatic carbocycles. The first kappa shape index (κ1) is 15.4. The van der Waals surface area contributed by atoms with E-state index >= 15 is 0 Å². The van der Waals surface area contributed by atoms with Crippen molar-refractivity contribution < 1.29 is 29.1 Å². The van der Waals surface area contributed by atoms with E-state index in [0.29, 0.717) is 17.9 Å². The van der Waals surface area contributed by atoms with Crippen molar-refractivity contribution in [3.63, 3.8) is 0 Å². The number of carbonyl (C=O) groups is 3. The zero-order valence-electron chi connectivity index (χ0n) is 9.97. The largest absolute Gasteiger partial charge is 0.480 e. The Morgan fingerprint density at radius 1 is 1.24 bits per heavy atom. The number of amides is 1. The molecule has 98 valence electrons. The Bertz CT molecular complexity index is 278. The summed E-state index contributed by atoms with van der Waals surface area (Å²) in [5, 5.41) is 9.19. The topological polar surface area (TPSA) is 93.1 Å². The third kappa shape index (κ3) is 8.21. The van der Waals surface area contributed by atoms with Crippen LogP contribution in [0.3, 0.4) is 0 Å². The Morgan fingerprint density at radius 2 is 1.88 bits per heavy atom. The standard InChI is InChI=1S/C10H17NO6/c1-3-4-10(15)16-5-6-17-11(8(2)12)7-9(13)14/h3-7H2,1-2H3,(H,13,14). The van der Waals surface area contributed by atoms with Crippen LogP contribution < -0.4 is 0 Å². The maximum absolute atomic E-state index is 10.9. The number of carbonyl (C=O) groups excluding carboxylic acids is 2. The first-order chi connectivity index (χ1) is 7.97. The van der Waals surface area contributed by atoms with Crippen LogP contribution in [0, 0.1) is 0 Å². The van der Waals surface area contributed by atoms with E-state index in [1.807, 2.05) is 6.92 Å². The second-order valence-corrected chi connectivity index (χ2v) is 3.25. The summed E-state index contributed by atoms with van der Waals surface area (Å²) in [4.78, 5) is 37.1. The summed E-state index contributed by atoms with van der Waals surface area (Å²) < 4.78 is 4.77. The van der Waals surface area contributed by atoms with Crippen molar-refractivity contribution in [1.29, 1.82) is 0 Å². The monoisotopic (exact) mass is 247 g/mol. The van der Waals surface area contributed by atoms with E-state index in [0.717, 1.165) is 0 Å². The fraction of sp³-hybridized carbons (Fsp3) is 0.700. The lowest BCUT2D eigenvalue weighted by molar-refractivity contribution is -0.195. The van der Waals surface area contributed by atoms with Gasteiger partial charge in [-0.1, -0.05) is 6.92 Å². The predicted octanol–water partition coefficient (Wildman–Crippen LogP) is 0.194. The van der Waals surface area contributed by atoms with Gasteiger partial charge < -0.3 is 9.84 Å². The SMILES string of the molecule is CCCC(=O)OCCON(CC(=O)O)C(C)=O. The van der Waals surface area contributed by atoms with Crippen molar-refractivity contribution in [3.8, 4) is 0 Å². The second kappa shape index (κ2) is 8.51. The quantitative estimate of drug-likeness (QED) is 0.374. The Morgan fingerprint density at radius 3 is 2.35 bits per heavy atom. The van der Waals surface area contributed by atoms with Crippen LogP contribution in [0.2, 0.25) is 0 Å². The van der Waals surface area contributed by atoms with Crippen molar-refractivity contribution >= 4 is 17.8 Å². The third-order valence-electron chi connectivity index (χ3n) is 1.68. The maximum atomic E-state index is 10.9. The molecule has 0 aromatic heterocycles. The van der Waals surface area contributed by atoms with Gasteiger partial charge in [-0.2, -0.15) is 0 Å². The van der Waals surface area contributed by atoms with Gasteiger partial charge in [-0.05, 0) is 6.42 Å². The van der Waals surface area contributed by atoms with Crippen LogP contribution in [0.1, 0.15) is 26.7 Å². The lowest BCUT2D eigenvalue weighted by atomic mass is 10.3. The van der Waals surface area contributed by atoms with Gasteiger partial charge in [-0.3, -0.25) is 19.2 Å². The summed E-state index contributed by atoms with van der Waals surface area (Å²) >= 11 is 0. The molecule has 0 aliphatic rings. The Labute approximate surface area is 99.2 Å². The number of hydroxylamine groups is 2. The number of nitrogens with zero attached hydrogens (tertiary/aromatic N) is 1. The van der Waals surface area contributed by atoms with Crippen molar-refractivity contribution in [3.05, 3.63) is 0 Å². The molecule has 7 nitrogen and oxygen atoms in total. The summed E-state index contributed by atoms with van der Waals surface area (Å²) in [7, 11) is 0. The van der Waals surface area contributed by atoms with Gasteiger partial charge in [0, 0.05) is 13.3 Å². The fourth-order valence-corrected chi connectivity index (χ4v) is 0.950. The average Bonchev–Trinajstić information content (AvgIpc) is 2.22. The van der Waals surface area contributed by atoms with E-state index in [9.17, 15) is 14.4 Å². The molecule has 0 saturated heterocycles. The number of carboxylic acids is 1. The predicted molar refractivity (Wildman–Crippen MR) is 56.8 cm³/mol. The number of carboxylic acid groups (broad SMARTS) is 1. The van der Waals surface area contributed by atoms with Crippen LogP contribution in [0.25, 0.3) is 0 Å². The van der Waals surface area contributed by atoms with Crippen molar-refractivity contribution in [2.75, 3.05) is 19.8 Å². The number of hydrogen-bond donors (Lipinski definition) is 1. The Balaban J connectivity index is 3.79. The van der Waals surface area contributed by atoms with Crippen LogP contribution >= 0.6 is 0 Å². The molecule has 0 saturated carbocycles. The number of ether oxygens (including phenoxy) is 1. The van der Waals surface area contributed by atoms with Gasteiger partial charge in [0.2, 0.25) is 5.91 Å². The highest BCUT2D eigenvalue weighted by atomic mass is 16.7. The molecule has 0 spiro atoms. The summed E-state index contributed by atoms with van der Waals surface area (Å²) in [5.74, 6) is -2.04. The second-order valence-electron chi connectivity index (χ2n) is 3.25. The van der Waals surface area contributed by atoms with Gasteiger partial charge >= 0.3 is 11.9 Å². The highest BCUT2D eigenvalue weighted by Crippen LogP contribution is 1.94. The molecule has 0 radical (unpaired) electrons. The van der Waals surface area contributed by atoms with E-state index in [-0.39, 0.29) is 19.2 Å². The van der Waals surface area contributed by atoms with Crippen molar-refractivity contribution in [2.24, 2.45) is 0 Å². The molecule has 0 aromatic rings. The summed E-state index contributed by atoms with van der Waals surface area (Å²) in [6.45, 7) is 2.43. The molecule has 17 heavy (non-hydrogen) atoms. The molecule has 0 aliphatic carbocycles. The first-order valence-corrected chi connectivity index (χ1v) is 5.25. The minimum absolute atomic E-state index is 0.0117. The fourth-order valence-electron chi connectivity index (χ4n) is 0.950. The highest BCUT2D eigenvalue weighted by Gasteiger charge is 2.13. The first-order valence-electron chi connectivity index (χ1n) is 5.25. The maximum Gasteiger partial charge on any atom is 0.325 e. The summed E-state index contributed by atoms with van der Waals surface area (Å²) in [6.07, 6.45) is 1.02.